The minimum Gasteiger partial charge on any atom is -0.378 e. The van der Waals surface area contributed by atoms with Crippen molar-refractivity contribution in [2.75, 3.05) is 6.61 Å². The molecule has 8 heteroatoms. The number of nitrogens with zero attached hydrogens (tertiary/aromatic N) is 2. The van der Waals surface area contributed by atoms with E-state index in [1.54, 1.807) is 24.3 Å². The number of hydrazine groups is 1. The van der Waals surface area contributed by atoms with Crippen LogP contribution >= 0.6 is 0 Å². The smallest absolute Gasteiger partial charge is 0.290 e. The van der Waals surface area contributed by atoms with Gasteiger partial charge in [0.25, 0.3) is 11.5 Å². The molecule has 1 atom stereocenters. The van der Waals surface area contributed by atoms with Gasteiger partial charge >= 0.3 is 0 Å². The topological polar surface area (TPSA) is 102 Å². The molecule has 8 nitrogen and oxygen atoms in total. The summed E-state index contributed by atoms with van der Waals surface area (Å²) in [6.45, 7) is 0.665. The van der Waals surface area contributed by atoms with Crippen LogP contribution in [0.25, 0.3) is 10.8 Å². The number of benzene rings is 1. The molecule has 2 aromatic rings. The second-order valence-corrected chi connectivity index (χ2v) is 5.66. The van der Waals surface area contributed by atoms with E-state index in [9.17, 15) is 14.4 Å². The number of aryl methyl sites for hydroxylation is 1. The van der Waals surface area contributed by atoms with Crippen molar-refractivity contribution in [1.82, 2.24) is 20.6 Å². The third-order valence-electron chi connectivity index (χ3n) is 3.92. The quantitative estimate of drug-likeness (QED) is 0.786. The van der Waals surface area contributed by atoms with E-state index in [1.165, 1.54) is 7.05 Å². The molecule has 2 N–H and O–H groups in total. The molecule has 2 heterocycles. The number of ether oxygens (including phenoxy) is 1. The number of nitrogens with one attached hydrogen (secondary N) is 2. The zero-order valence-electron chi connectivity index (χ0n) is 13.2. The number of aromatic nitrogens is 2. The van der Waals surface area contributed by atoms with Gasteiger partial charge in [-0.25, -0.2) is 4.68 Å². The zero-order valence-corrected chi connectivity index (χ0v) is 13.2. The van der Waals surface area contributed by atoms with Crippen molar-refractivity contribution in [3.63, 3.8) is 0 Å². The van der Waals surface area contributed by atoms with E-state index in [-0.39, 0.29) is 29.7 Å². The minimum atomic E-state index is -0.581. The molecular weight excluding hydrogens is 312 g/mol. The molecule has 1 aliphatic rings. The highest BCUT2D eigenvalue weighted by atomic mass is 16.5. The van der Waals surface area contributed by atoms with Crippen LogP contribution in [0.2, 0.25) is 0 Å². The van der Waals surface area contributed by atoms with Crippen LogP contribution in [-0.4, -0.2) is 34.3 Å². The summed E-state index contributed by atoms with van der Waals surface area (Å²) in [7, 11) is 1.47. The molecule has 1 aromatic heterocycles. The summed E-state index contributed by atoms with van der Waals surface area (Å²) in [4.78, 5) is 36.2. The van der Waals surface area contributed by atoms with E-state index in [0.717, 1.165) is 17.5 Å². The lowest BCUT2D eigenvalue weighted by molar-refractivity contribution is -0.124. The third-order valence-corrected chi connectivity index (χ3v) is 3.92. The molecule has 0 bridgehead atoms. The predicted octanol–water partition coefficient (Wildman–Crippen LogP) is 0.264. The van der Waals surface area contributed by atoms with Crippen LogP contribution in [0.1, 0.15) is 29.8 Å². The Balaban J connectivity index is 1.73. The summed E-state index contributed by atoms with van der Waals surface area (Å²) < 4.78 is 6.48. The van der Waals surface area contributed by atoms with Gasteiger partial charge in [0.15, 0.2) is 5.69 Å². The molecule has 0 aliphatic carbocycles. The van der Waals surface area contributed by atoms with Crippen molar-refractivity contribution < 1.29 is 14.3 Å². The van der Waals surface area contributed by atoms with E-state index in [2.05, 4.69) is 16.0 Å². The van der Waals surface area contributed by atoms with Gasteiger partial charge in [0, 0.05) is 19.0 Å². The van der Waals surface area contributed by atoms with Crippen molar-refractivity contribution in [2.24, 2.45) is 7.05 Å². The van der Waals surface area contributed by atoms with Crippen molar-refractivity contribution in [3.8, 4) is 0 Å². The van der Waals surface area contributed by atoms with Crippen LogP contribution in [0, 0.1) is 0 Å². The first kappa shape index (κ1) is 16.1. The monoisotopic (exact) mass is 330 g/mol. The van der Waals surface area contributed by atoms with Gasteiger partial charge in [0.2, 0.25) is 5.91 Å². The number of rotatable bonds is 3. The van der Waals surface area contributed by atoms with Crippen LogP contribution in [0.3, 0.4) is 0 Å². The summed E-state index contributed by atoms with van der Waals surface area (Å²) >= 11 is 0. The molecular formula is C16H18N4O4. The second kappa shape index (κ2) is 6.79. The Morgan fingerprint density at radius 1 is 1.29 bits per heavy atom. The summed E-state index contributed by atoms with van der Waals surface area (Å²) in [6, 6.07) is 6.71. The van der Waals surface area contributed by atoms with Gasteiger partial charge in [-0.2, -0.15) is 5.10 Å². The van der Waals surface area contributed by atoms with E-state index in [0.29, 0.717) is 17.4 Å². The Labute approximate surface area is 137 Å². The molecule has 3 rings (SSSR count). The van der Waals surface area contributed by atoms with E-state index >= 15 is 0 Å². The molecule has 1 saturated heterocycles. The van der Waals surface area contributed by atoms with Crippen molar-refractivity contribution >= 4 is 22.6 Å². The van der Waals surface area contributed by atoms with Crippen LogP contribution in [0.5, 0.6) is 0 Å². The predicted molar refractivity (Wildman–Crippen MR) is 86.2 cm³/mol. The first-order valence-corrected chi connectivity index (χ1v) is 7.73. The third kappa shape index (κ3) is 3.28. The second-order valence-electron chi connectivity index (χ2n) is 5.66. The largest absolute Gasteiger partial charge is 0.378 e. The maximum absolute atomic E-state index is 12.3. The summed E-state index contributed by atoms with van der Waals surface area (Å²) in [5, 5.41) is 4.83. The van der Waals surface area contributed by atoms with Crippen molar-refractivity contribution in [1.29, 1.82) is 0 Å². The van der Waals surface area contributed by atoms with Crippen molar-refractivity contribution in [3.05, 3.63) is 40.3 Å². The fourth-order valence-corrected chi connectivity index (χ4v) is 2.72. The summed E-state index contributed by atoms with van der Waals surface area (Å²) in [5.41, 5.74) is 4.49. The molecule has 2 amide bonds. The molecule has 126 valence electrons. The number of amides is 2. The molecule has 1 aromatic carbocycles. The van der Waals surface area contributed by atoms with Gasteiger partial charge in [-0.3, -0.25) is 25.2 Å². The van der Waals surface area contributed by atoms with Crippen LogP contribution in [0.15, 0.2) is 29.1 Å². The van der Waals surface area contributed by atoms with Gasteiger partial charge in [0.1, 0.15) is 0 Å². The lowest BCUT2D eigenvalue weighted by Gasteiger charge is -2.11. The van der Waals surface area contributed by atoms with E-state index in [4.69, 9.17) is 4.74 Å². The number of carbonyl (C=O) groups excluding carboxylic acids is 2. The highest BCUT2D eigenvalue weighted by molar-refractivity contribution is 6.05. The lowest BCUT2D eigenvalue weighted by atomic mass is 10.1. The maximum Gasteiger partial charge on any atom is 0.290 e. The molecule has 0 radical (unpaired) electrons. The average molecular weight is 330 g/mol. The number of hydrogen-bond acceptors (Lipinski definition) is 5. The van der Waals surface area contributed by atoms with Crippen LogP contribution in [0.4, 0.5) is 0 Å². The molecule has 1 aliphatic heterocycles. The minimum absolute atomic E-state index is 0.0742. The molecule has 1 fully saturated rings. The lowest BCUT2D eigenvalue weighted by Crippen LogP contribution is -2.43. The number of fused-ring (bicyclic) bond motifs is 1. The molecule has 0 saturated carbocycles. The first-order chi connectivity index (χ1) is 11.6. The van der Waals surface area contributed by atoms with Gasteiger partial charge < -0.3 is 4.74 Å². The number of carbonyl (C=O) groups is 2. The van der Waals surface area contributed by atoms with Crippen LogP contribution in [-0.2, 0) is 16.6 Å². The van der Waals surface area contributed by atoms with Gasteiger partial charge in [-0.15, -0.1) is 0 Å². The SMILES string of the molecule is Cn1nc(C(=O)NNC(=O)C[C@H]2CCCO2)c2ccccc2c1=O. The Morgan fingerprint density at radius 3 is 2.75 bits per heavy atom. The highest BCUT2D eigenvalue weighted by Gasteiger charge is 2.20. The Bertz CT molecular complexity index is 840. The Morgan fingerprint density at radius 2 is 2.04 bits per heavy atom. The Hall–Kier alpha value is -2.74. The van der Waals surface area contributed by atoms with E-state index in [1.807, 2.05) is 0 Å². The standard InChI is InChI=1S/C16H18N4O4/c1-20-16(23)12-7-3-2-6-11(12)14(19-20)15(22)18-17-13(21)9-10-5-4-8-24-10/h2-3,6-7,10H,4-5,8-9H2,1H3,(H,17,21)(H,18,22)/t10-/m1/s1. The maximum atomic E-state index is 12.3. The fourth-order valence-electron chi connectivity index (χ4n) is 2.72. The summed E-state index contributed by atoms with van der Waals surface area (Å²) in [5.74, 6) is -0.910. The highest BCUT2D eigenvalue weighted by Crippen LogP contribution is 2.15. The van der Waals surface area contributed by atoms with Crippen molar-refractivity contribution in [2.45, 2.75) is 25.4 Å². The van der Waals surface area contributed by atoms with Gasteiger partial charge in [-0.1, -0.05) is 18.2 Å². The molecule has 24 heavy (non-hydrogen) atoms. The fraction of sp³-hybridized carbons (Fsp3) is 0.375. The first-order valence-electron chi connectivity index (χ1n) is 7.73. The van der Waals surface area contributed by atoms with Gasteiger partial charge in [-0.05, 0) is 18.9 Å². The Kier molecular flexibility index (Phi) is 4.57. The van der Waals surface area contributed by atoms with Gasteiger partial charge in [0.05, 0.1) is 17.9 Å². The molecule has 0 spiro atoms. The van der Waals surface area contributed by atoms with Crippen LogP contribution < -0.4 is 16.4 Å². The summed E-state index contributed by atoms with van der Waals surface area (Å²) in [6.07, 6.45) is 1.88. The zero-order chi connectivity index (χ0) is 17.1. The normalized spacial score (nSPS) is 17.0. The average Bonchev–Trinajstić information content (AvgIpc) is 3.09. The molecule has 0 unspecified atom stereocenters. The van der Waals surface area contributed by atoms with E-state index < -0.39 is 5.91 Å². The number of hydrogen-bond donors (Lipinski definition) is 2.